The van der Waals surface area contributed by atoms with Gasteiger partial charge in [0.1, 0.15) is 0 Å². The van der Waals surface area contributed by atoms with Gasteiger partial charge in [0.05, 0.1) is 20.3 Å². The van der Waals surface area contributed by atoms with E-state index >= 15 is 0 Å². The van der Waals surface area contributed by atoms with Gasteiger partial charge < -0.3 is 19.9 Å². The van der Waals surface area contributed by atoms with Crippen LogP contribution < -0.4 is 14.8 Å². The van der Waals surface area contributed by atoms with Crippen LogP contribution in [-0.4, -0.2) is 32.4 Å². The normalized spacial score (nSPS) is 12.0. The molecule has 1 atom stereocenters. The molecule has 0 heterocycles. The fraction of sp³-hybridized carbons (Fsp3) is 0.368. The third-order valence-electron chi connectivity index (χ3n) is 3.92. The summed E-state index contributed by atoms with van der Waals surface area (Å²) in [5, 5.41) is 13.6. The van der Waals surface area contributed by atoms with Crippen LogP contribution in [0.25, 0.3) is 0 Å². The van der Waals surface area contributed by atoms with Crippen molar-refractivity contribution in [2.45, 2.75) is 19.4 Å². The van der Waals surface area contributed by atoms with Crippen LogP contribution >= 0.6 is 0 Å². The van der Waals surface area contributed by atoms with Gasteiger partial charge in [-0.25, -0.2) is 0 Å². The second kappa shape index (κ2) is 8.56. The van der Waals surface area contributed by atoms with Gasteiger partial charge in [-0.15, -0.1) is 0 Å². The fourth-order valence-electron chi connectivity index (χ4n) is 2.58. The minimum Gasteiger partial charge on any atom is -0.493 e. The number of aliphatic hydroxyl groups is 1. The largest absolute Gasteiger partial charge is 0.493 e. The van der Waals surface area contributed by atoms with Crippen molar-refractivity contribution >= 4 is 0 Å². The van der Waals surface area contributed by atoms with Crippen LogP contribution in [0.1, 0.15) is 22.8 Å². The quantitative estimate of drug-likeness (QED) is 0.736. The average molecular weight is 315 g/mol. The van der Waals surface area contributed by atoms with Gasteiger partial charge >= 0.3 is 0 Å². The van der Waals surface area contributed by atoms with Crippen LogP contribution in [0, 0.1) is 6.92 Å². The molecule has 4 nitrogen and oxygen atoms in total. The predicted octanol–water partition coefficient (Wildman–Crippen LogP) is 2.88. The first-order valence-corrected chi connectivity index (χ1v) is 7.81. The van der Waals surface area contributed by atoms with E-state index in [4.69, 9.17) is 9.47 Å². The highest BCUT2D eigenvalue weighted by molar-refractivity contribution is 5.42. The van der Waals surface area contributed by atoms with Gasteiger partial charge in [-0.1, -0.05) is 30.3 Å². The first kappa shape index (κ1) is 17.3. The molecule has 4 heteroatoms. The third-order valence-corrected chi connectivity index (χ3v) is 3.92. The van der Waals surface area contributed by atoms with Crippen LogP contribution in [0.2, 0.25) is 0 Å². The van der Waals surface area contributed by atoms with Gasteiger partial charge in [0, 0.05) is 6.54 Å². The van der Waals surface area contributed by atoms with Crippen LogP contribution in [0.15, 0.2) is 42.5 Å². The van der Waals surface area contributed by atoms with Crippen molar-refractivity contribution in [1.82, 2.24) is 5.32 Å². The molecule has 1 unspecified atom stereocenters. The Morgan fingerprint density at radius 2 is 1.78 bits per heavy atom. The smallest absolute Gasteiger partial charge is 0.160 e. The number of benzene rings is 2. The monoisotopic (exact) mass is 315 g/mol. The summed E-state index contributed by atoms with van der Waals surface area (Å²) in [7, 11) is 3.27. The third kappa shape index (κ3) is 4.71. The second-order valence-corrected chi connectivity index (χ2v) is 5.52. The van der Waals surface area contributed by atoms with Gasteiger partial charge in [-0.05, 0) is 48.7 Å². The first-order valence-electron chi connectivity index (χ1n) is 7.81. The maximum absolute atomic E-state index is 10.2. The Bertz CT molecular complexity index is 628. The SMILES string of the molecule is COc1ccc(CCNCC(O)c2ccccc2C)cc1OC. The zero-order valence-electron chi connectivity index (χ0n) is 14.0. The Morgan fingerprint density at radius 3 is 2.48 bits per heavy atom. The summed E-state index contributed by atoms with van der Waals surface area (Å²) in [6, 6.07) is 13.8. The van der Waals surface area contributed by atoms with Gasteiger partial charge in [-0.3, -0.25) is 0 Å². The van der Waals surface area contributed by atoms with Crippen molar-refractivity contribution in [2.24, 2.45) is 0 Å². The molecule has 2 aromatic rings. The van der Waals surface area contributed by atoms with Crippen LogP contribution in [-0.2, 0) is 6.42 Å². The highest BCUT2D eigenvalue weighted by Crippen LogP contribution is 2.27. The van der Waals surface area contributed by atoms with E-state index in [1.807, 2.05) is 49.4 Å². The number of aryl methyl sites for hydroxylation is 1. The summed E-state index contributed by atoms with van der Waals surface area (Å²) in [6.07, 6.45) is 0.377. The lowest BCUT2D eigenvalue weighted by Crippen LogP contribution is -2.24. The van der Waals surface area contributed by atoms with Crippen molar-refractivity contribution in [2.75, 3.05) is 27.3 Å². The molecular weight excluding hydrogens is 290 g/mol. The molecular formula is C19H25NO3. The zero-order valence-corrected chi connectivity index (χ0v) is 14.0. The Hall–Kier alpha value is -2.04. The molecule has 0 radical (unpaired) electrons. The summed E-state index contributed by atoms with van der Waals surface area (Å²) in [4.78, 5) is 0. The number of nitrogens with one attached hydrogen (secondary N) is 1. The molecule has 23 heavy (non-hydrogen) atoms. The van der Waals surface area contributed by atoms with E-state index in [0.717, 1.165) is 35.6 Å². The van der Waals surface area contributed by atoms with E-state index in [2.05, 4.69) is 5.32 Å². The van der Waals surface area contributed by atoms with Crippen LogP contribution in [0.5, 0.6) is 11.5 Å². The van der Waals surface area contributed by atoms with Crippen LogP contribution in [0.4, 0.5) is 0 Å². The zero-order chi connectivity index (χ0) is 16.7. The van der Waals surface area contributed by atoms with E-state index < -0.39 is 6.10 Å². The van der Waals surface area contributed by atoms with Gasteiger partial charge in [-0.2, -0.15) is 0 Å². The van der Waals surface area contributed by atoms with Crippen molar-refractivity contribution < 1.29 is 14.6 Å². The van der Waals surface area contributed by atoms with E-state index in [9.17, 15) is 5.11 Å². The Kier molecular flexibility index (Phi) is 6.44. The lowest BCUT2D eigenvalue weighted by molar-refractivity contribution is 0.174. The van der Waals surface area contributed by atoms with Crippen LogP contribution in [0.3, 0.4) is 0 Å². The first-order chi connectivity index (χ1) is 11.2. The molecule has 0 aromatic heterocycles. The highest BCUT2D eigenvalue weighted by Gasteiger charge is 2.09. The maximum atomic E-state index is 10.2. The standard InChI is InChI=1S/C19H25NO3/c1-14-6-4-5-7-16(14)17(21)13-20-11-10-15-8-9-18(22-2)19(12-15)23-3/h4-9,12,17,20-21H,10-11,13H2,1-3H3. The number of rotatable bonds is 8. The van der Waals surface area contributed by atoms with E-state index in [1.165, 1.54) is 5.56 Å². The average Bonchev–Trinajstić information content (AvgIpc) is 2.58. The number of aliphatic hydroxyl groups excluding tert-OH is 1. The second-order valence-electron chi connectivity index (χ2n) is 5.52. The summed E-state index contributed by atoms with van der Waals surface area (Å²) in [5.41, 5.74) is 3.26. The molecule has 0 saturated carbocycles. The summed E-state index contributed by atoms with van der Waals surface area (Å²) in [5.74, 6) is 1.48. The Morgan fingerprint density at radius 1 is 1.04 bits per heavy atom. The molecule has 0 aliphatic heterocycles. The molecule has 0 spiro atoms. The molecule has 0 saturated heterocycles. The lowest BCUT2D eigenvalue weighted by atomic mass is 10.0. The van der Waals surface area contributed by atoms with Crippen molar-refractivity contribution in [3.8, 4) is 11.5 Å². The van der Waals surface area contributed by atoms with Gasteiger partial charge in [0.25, 0.3) is 0 Å². The minimum absolute atomic E-state index is 0.485. The summed E-state index contributed by atoms with van der Waals surface area (Å²) >= 11 is 0. The molecule has 0 aliphatic rings. The molecule has 0 bridgehead atoms. The molecule has 0 amide bonds. The molecule has 2 N–H and O–H groups in total. The molecule has 124 valence electrons. The predicted molar refractivity (Wildman–Crippen MR) is 92.3 cm³/mol. The topological polar surface area (TPSA) is 50.7 Å². The minimum atomic E-state index is -0.485. The number of ether oxygens (including phenoxy) is 2. The van der Waals surface area contributed by atoms with Gasteiger partial charge in [0.2, 0.25) is 0 Å². The Balaban J connectivity index is 1.82. The molecule has 0 aliphatic carbocycles. The highest BCUT2D eigenvalue weighted by atomic mass is 16.5. The maximum Gasteiger partial charge on any atom is 0.160 e. The lowest BCUT2D eigenvalue weighted by Gasteiger charge is -2.15. The fourth-order valence-corrected chi connectivity index (χ4v) is 2.58. The van der Waals surface area contributed by atoms with Gasteiger partial charge in [0.15, 0.2) is 11.5 Å². The summed E-state index contributed by atoms with van der Waals surface area (Å²) in [6.45, 7) is 3.35. The van der Waals surface area contributed by atoms with E-state index in [1.54, 1.807) is 14.2 Å². The molecule has 2 rings (SSSR count). The van der Waals surface area contributed by atoms with Crippen molar-refractivity contribution in [3.63, 3.8) is 0 Å². The number of hydrogen-bond donors (Lipinski definition) is 2. The molecule has 2 aromatic carbocycles. The van der Waals surface area contributed by atoms with E-state index in [-0.39, 0.29) is 0 Å². The molecule has 0 fully saturated rings. The van der Waals surface area contributed by atoms with E-state index in [0.29, 0.717) is 6.54 Å². The number of methoxy groups -OCH3 is 2. The Labute approximate surface area is 138 Å². The van der Waals surface area contributed by atoms with Crippen molar-refractivity contribution in [1.29, 1.82) is 0 Å². The van der Waals surface area contributed by atoms with Crippen molar-refractivity contribution in [3.05, 3.63) is 59.2 Å². The summed E-state index contributed by atoms with van der Waals surface area (Å²) < 4.78 is 10.5. The number of hydrogen-bond acceptors (Lipinski definition) is 4.